The summed E-state index contributed by atoms with van der Waals surface area (Å²) < 4.78 is 15.6. The molecule has 2 aromatic heterocycles. The molecule has 0 fully saturated rings. The van der Waals surface area contributed by atoms with Gasteiger partial charge in [-0.3, -0.25) is 9.36 Å². The smallest absolute Gasteiger partial charge is 0.419 e. The fourth-order valence-corrected chi connectivity index (χ4v) is 2.53. The van der Waals surface area contributed by atoms with E-state index in [1.807, 2.05) is 0 Å². The van der Waals surface area contributed by atoms with E-state index in [1.54, 1.807) is 24.3 Å². The molecule has 22 heavy (non-hydrogen) atoms. The molecular weight excluding hydrogens is 330 g/mol. The minimum Gasteiger partial charge on any atom is -0.459 e. The van der Waals surface area contributed by atoms with Gasteiger partial charge in [0.25, 0.3) is 0 Å². The van der Waals surface area contributed by atoms with Crippen molar-refractivity contribution in [2.45, 2.75) is 19.6 Å². The van der Waals surface area contributed by atoms with Gasteiger partial charge < -0.3 is 9.15 Å². The van der Waals surface area contributed by atoms with Crippen molar-refractivity contribution in [1.29, 1.82) is 0 Å². The van der Waals surface area contributed by atoms with Gasteiger partial charge in [0.2, 0.25) is 0 Å². The molecular formula is C13H10ClN3O4S. The standard InChI is InChI=1S/C13H10ClN3O4S/c14-12-8(15-16-22-12)7-20-11(18)5-6-17-9-3-1-2-4-10(9)21-13(17)19/h1-4H,5-7H2. The van der Waals surface area contributed by atoms with Crippen LogP contribution in [0.3, 0.4) is 0 Å². The Kier molecular flexibility index (Phi) is 4.21. The first kappa shape index (κ1) is 14.7. The van der Waals surface area contributed by atoms with Crippen LogP contribution in [0.2, 0.25) is 4.34 Å². The predicted octanol–water partition coefficient (Wildman–Crippen LogP) is 2.23. The van der Waals surface area contributed by atoms with E-state index in [9.17, 15) is 9.59 Å². The average Bonchev–Trinajstić information content (AvgIpc) is 3.05. The summed E-state index contributed by atoms with van der Waals surface area (Å²) >= 11 is 6.84. The van der Waals surface area contributed by atoms with Crippen LogP contribution < -0.4 is 5.76 Å². The molecule has 0 amide bonds. The first-order chi connectivity index (χ1) is 10.6. The molecule has 3 rings (SSSR count). The van der Waals surface area contributed by atoms with E-state index < -0.39 is 11.7 Å². The van der Waals surface area contributed by atoms with Gasteiger partial charge in [-0.25, -0.2) is 4.79 Å². The molecule has 0 saturated carbocycles. The lowest BCUT2D eigenvalue weighted by Gasteiger charge is -2.03. The summed E-state index contributed by atoms with van der Waals surface area (Å²) in [6, 6.07) is 7.02. The number of aromatic nitrogens is 3. The molecule has 9 heteroatoms. The van der Waals surface area contributed by atoms with Crippen molar-refractivity contribution in [3.05, 3.63) is 44.8 Å². The van der Waals surface area contributed by atoms with Crippen LogP contribution >= 0.6 is 23.1 Å². The van der Waals surface area contributed by atoms with Gasteiger partial charge in [0, 0.05) is 18.1 Å². The summed E-state index contributed by atoms with van der Waals surface area (Å²) in [4.78, 5) is 23.5. The Morgan fingerprint density at radius 3 is 3.00 bits per heavy atom. The van der Waals surface area contributed by atoms with Gasteiger partial charge in [0.1, 0.15) is 16.6 Å². The minimum absolute atomic E-state index is 0.0325. The first-order valence-electron chi connectivity index (χ1n) is 6.36. The SMILES string of the molecule is O=C(CCn1c(=O)oc2ccccc21)OCc1nnsc1Cl. The van der Waals surface area contributed by atoms with E-state index in [0.29, 0.717) is 21.1 Å². The van der Waals surface area contributed by atoms with Gasteiger partial charge in [0.15, 0.2) is 5.58 Å². The molecule has 0 saturated heterocycles. The van der Waals surface area contributed by atoms with Crippen LogP contribution in [0, 0.1) is 0 Å². The third-order valence-electron chi connectivity index (χ3n) is 2.99. The topological polar surface area (TPSA) is 87.2 Å². The number of para-hydroxylation sites is 2. The van der Waals surface area contributed by atoms with Crippen molar-refractivity contribution < 1.29 is 13.9 Å². The molecule has 0 aliphatic carbocycles. The highest BCUT2D eigenvalue weighted by Gasteiger charge is 2.12. The van der Waals surface area contributed by atoms with Gasteiger partial charge in [-0.2, -0.15) is 0 Å². The van der Waals surface area contributed by atoms with Crippen molar-refractivity contribution >= 4 is 40.2 Å². The number of fused-ring (bicyclic) bond motifs is 1. The number of carbonyl (C=O) groups is 1. The van der Waals surface area contributed by atoms with Crippen LogP contribution in [0.25, 0.3) is 11.1 Å². The summed E-state index contributed by atoms with van der Waals surface area (Å²) in [6.07, 6.45) is 0.0403. The lowest BCUT2D eigenvalue weighted by molar-refractivity contribution is -0.145. The molecule has 0 aliphatic rings. The van der Waals surface area contributed by atoms with Crippen molar-refractivity contribution in [2.75, 3.05) is 0 Å². The number of aryl methyl sites for hydroxylation is 1. The van der Waals surface area contributed by atoms with E-state index >= 15 is 0 Å². The first-order valence-corrected chi connectivity index (χ1v) is 7.51. The van der Waals surface area contributed by atoms with Crippen molar-refractivity contribution in [3.8, 4) is 0 Å². The van der Waals surface area contributed by atoms with Gasteiger partial charge >= 0.3 is 11.7 Å². The number of halogens is 1. The highest BCUT2D eigenvalue weighted by molar-refractivity contribution is 7.10. The molecule has 2 heterocycles. The van der Waals surface area contributed by atoms with Crippen molar-refractivity contribution in [3.63, 3.8) is 0 Å². The number of oxazole rings is 1. The number of esters is 1. The van der Waals surface area contributed by atoms with Gasteiger partial charge in [-0.1, -0.05) is 28.2 Å². The zero-order valence-corrected chi connectivity index (χ0v) is 12.8. The number of rotatable bonds is 5. The quantitative estimate of drug-likeness (QED) is 0.662. The number of carbonyl (C=O) groups excluding carboxylic acids is 1. The van der Waals surface area contributed by atoms with E-state index in [-0.39, 0.29) is 19.6 Å². The second kappa shape index (κ2) is 6.29. The largest absolute Gasteiger partial charge is 0.459 e. The second-order valence-corrected chi connectivity index (χ2v) is 5.75. The number of ether oxygens (including phenoxy) is 1. The summed E-state index contributed by atoms with van der Waals surface area (Å²) in [5.41, 5.74) is 1.55. The summed E-state index contributed by atoms with van der Waals surface area (Å²) in [6.45, 7) is 0.146. The second-order valence-electron chi connectivity index (χ2n) is 4.39. The van der Waals surface area contributed by atoms with Crippen LogP contribution in [-0.4, -0.2) is 20.1 Å². The van der Waals surface area contributed by atoms with Crippen LogP contribution in [-0.2, 0) is 22.7 Å². The summed E-state index contributed by atoms with van der Waals surface area (Å²) in [5, 5.41) is 3.74. The Hall–Kier alpha value is -2.19. The van der Waals surface area contributed by atoms with Gasteiger partial charge in [0.05, 0.1) is 11.9 Å². The molecule has 0 spiro atoms. The van der Waals surface area contributed by atoms with E-state index in [2.05, 4.69) is 9.59 Å². The molecule has 0 atom stereocenters. The molecule has 0 N–H and O–H groups in total. The van der Waals surface area contributed by atoms with Crippen molar-refractivity contribution in [2.24, 2.45) is 0 Å². The van der Waals surface area contributed by atoms with Crippen LogP contribution in [0.5, 0.6) is 0 Å². The zero-order valence-electron chi connectivity index (χ0n) is 11.2. The number of hydrogen-bond acceptors (Lipinski definition) is 7. The Balaban J connectivity index is 1.62. The summed E-state index contributed by atoms with van der Waals surface area (Å²) in [7, 11) is 0. The monoisotopic (exact) mass is 339 g/mol. The molecule has 0 aliphatic heterocycles. The molecule has 3 aromatic rings. The van der Waals surface area contributed by atoms with Crippen LogP contribution in [0.4, 0.5) is 0 Å². The molecule has 7 nitrogen and oxygen atoms in total. The Morgan fingerprint density at radius 1 is 1.41 bits per heavy atom. The fraction of sp³-hybridized carbons (Fsp3) is 0.231. The van der Waals surface area contributed by atoms with Gasteiger partial charge in [-0.05, 0) is 12.1 Å². The molecule has 0 radical (unpaired) electrons. The van der Waals surface area contributed by atoms with Gasteiger partial charge in [-0.15, -0.1) is 5.10 Å². The number of nitrogens with zero attached hydrogens (tertiary/aromatic N) is 3. The molecule has 0 bridgehead atoms. The maximum absolute atomic E-state index is 11.8. The van der Waals surface area contributed by atoms with E-state index in [1.165, 1.54) is 4.57 Å². The maximum atomic E-state index is 11.8. The third-order valence-corrected chi connectivity index (χ3v) is 3.98. The van der Waals surface area contributed by atoms with Crippen molar-refractivity contribution in [1.82, 2.24) is 14.2 Å². The van der Waals surface area contributed by atoms with E-state index in [0.717, 1.165) is 11.5 Å². The molecule has 0 unspecified atom stereocenters. The minimum atomic E-state index is -0.499. The predicted molar refractivity (Wildman–Crippen MR) is 79.8 cm³/mol. The highest BCUT2D eigenvalue weighted by atomic mass is 35.5. The fourth-order valence-electron chi connectivity index (χ4n) is 1.93. The normalized spacial score (nSPS) is 11.0. The molecule has 114 valence electrons. The number of benzene rings is 1. The van der Waals surface area contributed by atoms with E-state index in [4.69, 9.17) is 20.8 Å². The lowest BCUT2D eigenvalue weighted by Crippen LogP contribution is -2.17. The Bertz CT molecular complexity index is 869. The van der Waals surface area contributed by atoms with Crippen LogP contribution in [0.1, 0.15) is 12.1 Å². The lowest BCUT2D eigenvalue weighted by atomic mass is 10.3. The number of hydrogen-bond donors (Lipinski definition) is 0. The third kappa shape index (κ3) is 3.02. The van der Waals surface area contributed by atoms with Crippen LogP contribution in [0.15, 0.2) is 33.5 Å². The maximum Gasteiger partial charge on any atom is 0.419 e. The summed E-state index contributed by atoms with van der Waals surface area (Å²) in [5.74, 6) is -0.956. The highest BCUT2D eigenvalue weighted by Crippen LogP contribution is 2.18. The zero-order chi connectivity index (χ0) is 15.5. The Morgan fingerprint density at radius 2 is 2.23 bits per heavy atom. The molecule has 1 aromatic carbocycles. The average molecular weight is 340 g/mol. The Labute approximate surface area is 133 Å².